The second-order valence-corrected chi connectivity index (χ2v) is 8.57. The molecule has 2 aliphatic rings. The van der Waals surface area contributed by atoms with E-state index in [0.717, 1.165) is 24.0 Å². The largest absolute Gasteiger partial charge is 0.370 e. The van der Waals surface area contributed by atoms with Crippen LogP contribution in [0.1, 0.15) is 64.2 Å². The van der Waals surface area contributed by atoms with Gasteiger partial charge in [0.25, 0.3) is 0 Å². The van der Waals surface area contributed by atoms with E-state index in [9.17, 15) is 0 Å². The minimum absolute atomic E-state index is 0.458. The molecule has 0 unspecified atom stereocenters. The molecule has 5 nitrogen and oxygen atoms in total. The minimum atomic E-state index is 0.458. The highest BCUT2D eigenvalue weighted by molar-refractivity contribution is 6.32. The van der Waals surface area contributed by atoms with Gasteiger partial charge in [-0.25, -0.2) is 15.0 Å². The maximum Gasteiger partial charge on any atom is 0.223 e. The predicted octanol–water partition coefficient (Wildman–Crippen LogP) is 5.93. The van der Waals surface area contributed by atoms with Crippen LogP contribution in [-0.2, 0) is 0 Å². The normalized spacial score (nSPS) is 18.8. The molecule has 0 spiro atoms. The van der Waals surface area contributed by atoms with Crippen molar-refractivity contribution in [2.24, 2.45) is 5.92 Å². The number of halogens is 1. The molecule has 28 heavy (non-hydrogen) atoms. The first-order valence-corrected chi connectivity index (χ1v) is 11.2. The SMILES string of the molecule is Clc1cnc(NC2CCCCC2)nc1-c1cccc(NCC2CCCCC2)n1. The number of nitrogens with zero attached hydrogens (tertiary/aromatic N) is 3. The van der Waals surface area contributed by atoms with Gasteiger partial charge < -0.3 is 10.6 Å². The van der Waals surface area contributed by atoms with Crippen molar-refractivity contribution in [1.82, 2.24) is 15.0 Å². The van der Waals surface area contributed by atoms with Gasteiger partial charge in [0.05, 0.1) is 16.9 Å². The molecule has 2 aromatic rings. The molecule has 2 fully saturated rings. The van der Waals surface area contributed by atoms with Gasteiger partial charge in [0.2, 0.25) is 5.95 Å². The van der Waals surface area contributed by atoms with Crippen LogP contribution in [0.15, 0.2) is 24.4 Å². The molecule has 2 aliphatic carbocycles. The molecule has 6 heteroatoms. The highest BCUT2D eigenvalue weighted by Crippen LogP contribution is 2.28. The van der Waals surface area contributed by atoms with Crippen molar-refractivity contribution < 1.29 is 0 Å². The highest BCUT2D eigenvalue weighted by atomic mass is 35.5. The third kappa shape index (κ3) is 5.13. The van der Waals surface area contributed by atoms with Crippen LogP contribution in [-0.4, -0.2) is 27.5 Å². The molecule has 0 amide bonds. The van der Waals surface area contributed by atoms with Gasteiger partial charge in [-0.15, -0.1) is 0 Å². The molecule has 0 saturated heterocycles. The lowest BCUT2D eigenvalue weighted by Crippen LogP contribution is -2.23. The van der Waals surface area contributed by atoms with E-state index < -0.39 is 0 Å². The molecule has 0 radical (unpaired) electrons. The van der Waals surface area contributed by atoms with Crippen LogP contribution in [0, 0.1) is 5.92 Å². The quantitative estimate of drug-likeness (QED) is 0.630. The Kier molecular flexibility index (Phi) is 6.63. The Bertz CT molecular complexity index is 769. The molecule has 0 atom stereocenters. The van der Waals surface area contributed by atoms with Gasteiger partial charge in [-0.2, -0.15) is 0 Å². The van der Waals surface area contributed by atoms with E-state index in [2.05, 4.69) is 20.6 Å². The lowest BCUT2D eigenvalue weighted by Gasteiger charge is -2.23. The van der Waals surface area contributed by atoms with Crippen LogP contribution in [0.3, 0.4) is 0 Å². The maximum absolute atomic E-state index is 6.41. The fraction of sp³-hybridized carbons (Fsp3) is 0.591. The van der Waals surface area contributed by atoms with Crippen LogP contribution in [0.25, 0.3) is 11.4 Å². The third-order valence-corrected chi connectivity index (χ3v) is 6.25. The standard InChI is InChI=1S/C22H30ClN5/c23-18-15-25-22(26-17-10-5-2-6-11-17)28-21(18)19-12-7-13-20(27-19)24-14-16-8-3-1-4-9-16/h7,12-13,15-17H,1-6,8-11,14H2,(H,24,27)(H,25,26,28). The molecular formula is C22H30ClN5. The van der Waals surface area contributed by atoms with E-state index in [1.807, 2.05) is 18.2 Å². The van der Waals surface area contributed by atoms with Crippen molar-refractivity contribution in [3.05, 3.63) is 29.4 Å². The van der Waals surface area contributed by atoms with E-state index in [0.29, 0.717) is 22.7 Å². The van der Waals surface area contributed by atoms with Crippen LogP contribution in [0.4, 0.5) is 11.8 Å². The number of hydrogen-bond acceptors (Lipinski definition) is 5. The number of pyridine rings is 1. The summed E-state index contributed by atoms with van der Waals surface area (Å²) in [5.74, 6) is 2.29. The smallest absolute Gasteiger partial charge is 0.223 e. The van der Waals surface area contributed by atoms with Crippen LogP contribution in [0.5, 0.6) is 0 Å². The summed E-state index contributed by atoms with van der Waals surface area (Å²) in [5, 5.41) is 7.52. The van der Waals surface area contributed by atoms with E-state index in [1.54, 1.807) is 6.20 Å². The fourth-order valence-corrected chi connectivity index (χ4v) is 4.54. The van der Waals surface area contributed by atoms with Crippen molar-refractivity contribution in [2.75, 3.05) is 17.2 Å². The topological polar surface area (TPSA) is 62.7 Å². The van der Waals surface area contributed by atoms with E-state index in [1.165, 1.54) is 64.2 Å². The molecule has 2 heterocycles. The summed E-state index contributed by atoms with van der Waals surface area (Å²) in [6.07, 6.45) is 14.6. The molecule has 150 valence electrons. The summed E-state index contributed by atoms with van der Waals surface area (Å²) in [6.45, 7) is 0.989. The highest BCUT2D eigenvalue weighted by Gasteiger charge is 2.17. The monoisotopic (exact) mass is 399 g/mol. The fourth-order valence-electron chi connectivity index (χ4n) is 4.35. The predicted molar refractivity (Wildman–Crippen MR) is 116 cm³/mol. The zero-order chi connectivity index (χ0) is 19.2. The number of aromatic nitrogens is 3. The summed E-state index contributed by atoms with van der Waals surface area (Å²) < 4.78 is 0. The lowest BCUT2D eigenvalue weighted by atomic mass is 9.89. The third-order valence-electron chi connectivity index (χ3n) is 5.97. The second kappa shape index (κ2) is 9.55. The second-order valence-electron chi connectivity index (χ2n) is 8.16. The Balaban J connectivity index is 1.45. The molecule has 2 aromatic heterocycles. The minimum Gasteiger partial charge on any atom is -0.370 e. The van der Waals surface area contributed by atoms with Crippen molar-refractivity contribution >= 4 is 23.4 Å². The number of anilines is 2. The Labute approximate surface area is 172 Å². The maximum atomic E-state index is 6.41. The van der Waals surface area contributed by atoms with E-state index in [-0.39, 0.29) is 0 Å². The van der Waals surface area contributed by atoms with Crippen molar-refractivity contribution in [3.63, 3.8) is 0 Å². The summed E-state index contributed by atoms with van der Waals surface area (Å²) in [7, 11) is 0. The molecule has 0 aliphatic heterocycles. The van der Waals surface area contributed by atoms with Gasteiger partial charge in [-0.3, -0.25) is 0 Å². The molecule has 0 bridgehead atoms. The number of nitrogens with one attached hydrogen (secondary N) is 2. The Morgan fingerprint density at radius 3 is 2.46 bits per heavy atom. The first-order chi connectivity index (χ1) is 13.8. The molecule has 4 rings (SSSR count). The van der Waals surface area contributed by atoms with Crippen molar-refractivity contribution in [3.8, 4) is 11.4 Å². The van der Waals surface area contributed by atoms with Crippen molar-refractivity contribution in [2.45, 2.75) is 70.3 Å². The summed E-state index contributed by atoms with van der Waals surface area (Å²) >= 11 is 6.41. The number of rotatable bonds is 6. The van der Waals surface area contributed by atoms with Crippen LogP contribution in [0.2, 0.25) is 5.02 Å². The van der Waals surface area contributed by atoms with Crippen LogP contribution < -0.4 is 10.6 Å². The average Bonchev–Trinajstić information content (AvgIpc) is 2.75. The summed E-state index contributed by atoms with van der Waals surface area (Å²) in [6, 6.07) is 6.45. The van der Waals surface area contributed by atoms with Gasteiger partial charge in [-0.05, 0) is 43.7 Å². The Morgan fingerprint density at radius 2 is 1.68 bits per heavy atom. The Hall–Kier alpha value is -1.88. The first kappa shape index (κ1) is 19.4. The van der Waals surface area contributed by atoms with Gasteiger partial charge in [0.1, 0.15) is 11.5 Å². The molecule has 2 N–H and O–H groups in total. The van der Waals surface area contributed by atoms with E-state index in [4.69, 9.17) is 16.6 Å². The number of hydrogen-bond donors (Lipinski definition) is 2. The van der Waals surface area contributed by atoms with E-state index >= 15 is 0 Å². The van der Waals surface area contributed by atoms with Gasteiger partial charge >= 0.3 is 0 Å². The zero-order valence-electron chi connectivity index (χ0n) is 16.5. The Morgan fingerprint density at radius 1 is 0.929 bits per heavy atom. The lowest BCUT2D eigenvalue weighted by molar-refractivity contribution is 0.373. The average molecular weight is 400 g/mol. The van der Waals surface area contributed by atoms with Gasteiger partial charge in [0, 0.05) is 12.6 Å². The molecule has 0 aromatic carbocycles. The first-order valence-electron chi connectivity index (χ1n) is 10.8. The molecule has 2 saturated carbocycles. The molecular weight excluding hydrogens is 370 g/mol. The van der Waals surface area contributed by atoms with Gasteiger partial charge in [-0.1, -0.05) is 56.2 Å². The summed E-state index contributed by atoms with van der Waals surface area (Å²) in [4.78, 5) is 13.8. The summed E-state index contributed by atoms with van der Waals surface area (Å²) in [5.41, 5.74) is 1.48. The van der Waals surface area contributed by atoms with Gasteiger partial charge in [0.15, 0.2) is 0 Å². The zero-order valence-corrected chi connectivity index (χ0v) is 17.2. The van der Waals surface area contributed by atoms with Crippen molar-refractivity contribution in [1.29, 1.82) is 0 Å². The van der Waals surface area contributed by atoms with Crippen LogP contribution >= 0.6 is 11.6 Å².